The summed E-state index contributed by atoms with van der Waals surface area (Å²) in [6, 6.07) is 0.0746. The number of nitrogens with zero attached hydrogens (tertiary/aromatic N) is 3. The van der Waals surface area contributed by atoms with Crippen LogP contribution in [0.3, 0.4) is 0 Å². The van der Waals surface area contributed by atoms with E-state index in [1.165, 1.54) is 10.9 Å². The summed E-state index contributed by atoms with van der Waals surface area (Å²) in [5.41, 5.74) is -0.890. The number of hydrogen-bond donors (Lipinski definition) is 1. The second kappa shape index (κ2) is 5.38. The van der Waals surface area contributed by atoms with E-state index in [2.05, 4.69) is 12.0 Å². The molecule has 0 amide bonds. The van der Waals surface area contributed by atoms with Gasteiger partial charge in [0.25, 0.3) is 0 Å². The molecule has 2 atom stereocenters. The molecule has 1 aromatic rings. The SMILES string of the molecule is CCC1CCCCC1n1cc([N+](=O)[O-])c(C(=O)O)n1. The third-order valence-corrected chi connectivity index (χ3v) is 3.85. The zero-order chi connectivity index (χ0) is 14.0. The predicted molar refractivity (Wildman–Crippen MR) is 67.1 cm³/mol. The molecule has 19 heavy (non-hydrogen) atoms. The maximum absolute atomic E-state index is 11.0. The summed E-state index contributed by atoms with van der Waals surface area (Å²) < 4.78 is 1.49. The van der Waals surface area contributed by atoms with Crippen LogP contribution >= 0.6 is 0 Å². The molecule has 2 unspecified atom stereocenters. The molecule has 1 heterocycles. The van der Waals surface area contributed by atoms with E-state index in [0.29, 0.717) is 5.92 Å². The highest BCUT2D eigenvalue weighted by Gasteiger charge is 2.31. The molecule has 1 saturated carbocycles. The molecule has 0 aliphatic heterocycles. The van der Waals surface area contributed by atoms with Crippen LogP contribution < -0.4 is 0 Å². The first-order valence-electron chi connectivity index (χ1n) is 6.51. The van der Waals surface area contributed by atoms with Gasteiger partial charge in [-0.2, -0.15) is 5.10 Å². The minimum absolute atomic E-state index is 0.0746. The van der Waals surface area contributed by atoms with E-state index in [-0.39, 0.29) is 6.04 Å². The van der Waals surface area contributed by atoms with E-state index in [4.69, 9.17) is 5.11 Å². The van der Waals surface area contributed by atoms with Gasteiger partial charge < -0.3 is 5.11 Å². The summed E-state index contributed by atoms with van der Waals surface area (Å²) in [5, 5.41) is 23.8. The zero-order valence-electron chi connectivity index (χ0n) is 10.8. The van der Waals surface area contributed by atoms with Gasteiger partial charge in [0.15, 0.2) is 0 Å². The molecular formula is C12H17N3O4. The third-order valence-electron chi connectivity index (χ3n) is 3.85. The molecule has 1 fully saturated rings. The predicted octanol–water partition coefficient (Wildman–Crippen LogP) is 2.63. The lowest BCUT2D eigenvalue weighted by molar-refractivity contribution is -0.385. The lowest BCUT2D eigenvalue weighted by atomic mass is 9.83. The van der Waals surface area contributed by atoms with Gasteiger partial charge in [-0.25, -0.2) is 4.79 Å². The second-order valence-electron chi connectivity index (χ2n) is 4.93. The Labute approximate surface area is 110 Å². The quantitative estimate of drug-likeness (QED) is 0.667. The normalized spacial score (nSPS) is 23.2. The van der Waals surface area contributed by atoms with Gasteiger partial charge in [-0.3, -0.25) is 14.8 Å². The van der Waals surface area contributed by atoms with Crippen molar-refractivity contribution < 1.29 is 14.8 Å². The van der Waals surface area contributed by atoms with Crippen LogP contribution in [0.25, 0.3) is 0 Å². The maximum Gasteiger partial charge on any atom is 0.363 e. The Morgan fingerprint density at radius 2 is 2.26 bits per heavy atom. The van der Waals surface area contributed by atoms with Crippen molar-refractivity contribution >= 4 is 11.7 Å². The van der Waals surface area contributed by atoms with Gasteiger partial charge in [0.05, 0.1) is 11.0 Å². The number of hydrogen-bond acceptors (Lipinski definition) is 4. The molecule has 104 valence electrons. The average molecular weight is 267 g/mol. The van der Waals surface area contributed by atoms with Crippen LogP contribution in [0, 0.1) is 16.0 Å². The number of carboxylic acid groups (broad SMARTS) is 1. The van der Waals surface area contributed by atoms with Crippen molar-refractivity contribution in [2.75, 3.05) is 0 Å². The maximum atomic E-state index is 11.0. The van der Waals surface area contributed by atoms with Crippen LogP contribution in [0.1, 0.15) is 55.6 Å². The van der Waals surface area contributed by atoms with Crippen LogP contribution in [0.15, 0.2) is 6.20 Å². The van der Waals surface area contributed by atoms with Gasteiger partial charge in [0.2, 0.25) is 5.69 Å². The van der Waals surface area contributed by atoms with Crippen LogP contribution in [0.2, 0.25) is 0 Å². The van der Waals surface area contributed by atoms with Gasteiger partial charge in [-0.05, 0) is 18.8 Å². The van der Waals surface area contributed by atoms with Gasteiger partial charge in [-0.1, -0.05) is 26.2 Å². The van der Waals surface area contributed by atoms with Crippen molar-refractivity contribution in [1.29, 1.82) is 0 Å². The fourth-order valence-electron chi connectivity index (χ4n) is 2.85. The molecule has 0 aromatic carbocycles. The standard InChI is InChI=1S/C12H17N3O4/c1-2-8-5-3-4-6-9(8)14-7-10(15(18)19)11(13-14)12(16)17/h7-9H,2-6H2,1H3,(H,16,17). The van der Waals surface area contributed by atoms with Crippen molar-refractivity contribution in [2.24, 2.45) is 5.92 Å². The zero-order valence-corrected chi connectivity index (χ0v) is 10.8. The number of rotatable bonds is 4. The fraction of sp³-hybridized carbons (Fsp3) is 0.667. The topological polar surface area (TPSA) is 98.3 Å². The number of nitro groups is 1. The van der Waals surface area contributed by atoms with E-state index >= 15 is 0 Å². The molecule has 1 aromatic heterocycles. The third kappa shape index (κ3) is 2.59. The van der Waals surface area contributed by atoms with Crippen molar-refractivity contribution in [3.8, 4) is 0 Å². The highest BCUT2D eigenvalue weighted by molar-refractivity contribution is 5.89. The monoisotopic (exact) mass is 267 g/mol. The average Bonchev–Trinajstić information content (AvgIpc) is 2.84. The van der Waals surface area contributed by atoms with Crippen molar-refractivity contribution in [1.82, 2.24) is 9.78 Å². The molecule has 0 spiro atoms. The minimum Gasteiger partial charge on any atom is -0.476 e. The summed E-state index contributed by atoms with van der Waals surface area (Å²) in [4.78, 5) is 21.2. The highest BCUT2D eigenvalue weighted by Crippen LogP contribution is 2.36. The van der Waals surface area contributed by atoms with E-state index in [1.807, 2.05) is 0 Å². The van der Waals surface area contributed by atoms with Gasteiger partial charge in [0, 0.05) is 0 Å². The van der Waals surface area contributed by atoms with E-state index in [1.54, 1.807) is 0 Å². The van der Waals surface area contributed by atoms with Crippen LogP contribution in [-0.4, -0.2) is 25.8 Å². The molecule has 7 heteroatoms. The van der Waals surface area contributed by atoms with Gasteiger partial charge in [0.1, 0.15) is 6.20 Å². The van der Waals surface area contributed by atoms with Crippen molar-refractivity contribution in [3.05, 3.63) is 22.0 Å². The molecule has 7 nitrogen and oxygen atoms in total. The van der Waals surface area contributed by atoms with Gasteiger partial charge >= 0.3 is 11.7 Å². The highest BCUT2D eigenvalue weighted by atomic mass is 16.6. The van der Waals surface area contributed by atoms with Crippen molar-refractivity contribution in [3.63, 3.8) is 0 Å². The van der Waals surface area contributed by atoms with E-state index in [0.717, 1.165) is 32.1 Å². The molecule has 0 saturated heterocycles. The van der Waals surface area contributed by atoms with E-state index < -0.39 is 22.3 Å². The first-order valence-corrected chi connectivity index (χ1v) is 6.51. The number of aromatic carboxylic acids is 1. The molecule has 1 N–H and O–H groups in total. The number of aromatic nitrogens is 2. The van der Waals surface area contributed by atoms with Crippen LogP contribution in [-0.2, 0) is 0 Å². The van der Waals surface area contributed by atoms with Crippen LogP contribution in [0.4, 0.5) is 5.69 Å². The first kappa shape index (κ1) is 13.5. The minimum atomic E-state index is -1.35. The largest absolute Gasteiger partial charge is 0.476 e. The Bertz CT molecular complexity index is 466. The second-order valence-corrected chi connectivity index (χ2v) is 4.93. The lowest BCUT2D eigenvalue weighted by Crippen LogP contribution is -2.23. The van der Waals surface area contributed by atoms with Crippen molar-refractivity contribution in [2.45, 2.75) is 45.1 Å². The summed E-state index contributed by atoms with van der Waals surface area (Å²) in [6.07, 6.45) is 6.41. The molecule has 1 aliphatic carbocycles. The molecule has 0 radical (unpaired) electrons. The molecule has 2 rings (SSSR count). The summed E-state index contributed by atoms with van der Waals surface area (Å²) in [6.45, 7) is 2.08. The molecule has 0 bridgehead atoms. The molecule has 1 aliphatic rings. The Hall–Kier alpha value is -1.92. The molecular weight excluding hydrogens is 250 g/mol. The van der Waals surface area contributed by atoms with Gasteiger partial charge in [-0.15, -0.1) is 0 Å². The Morgan fingerprint density at radius 3 is 2.79 bits per heavy atom. The smallest absolute Gasteiger partial charge is 0.363 e. The fourth-order valence-corrected chi connectivity index (χ4v) is 2.85. The first-order chi connectivity index (χ1) is 9.04. The summed E-state index contributed by atoms with van der Waals surface area (Å²) in [5.74, 6) is -0.941. The number of carboxylic acids is 1. The Kier molecular flexibility index (Phi) is 3.82. The Morgan fingerprint density at radius 1 is 1.58 bits per heavy atom. The van der Waals surface area contributed by atoms with E-state index in [9.17, 15) is 14.9 Å². The van der Waals surface area contributed by atoms with Crippen LogP contribution in [0.5, 0.6) is 0 Å². The summed E-state index contributed by atoms with van der Waals surface area (Å²) >= 11 is 0. The summed E-state index contributed by atoms with van der Waals surface area (Å²) in [7, 11) is 0. The number of carbonyl (C=O) groups is 1. The lowest BCUT2D eigenvalue weighted by Gasteiger charge is -2.30. The Balaban J connectivity index is 2.36.